The van der Waals surface area contributed by atoms with Gasteiger partial charge in [0.1, 0.15) is 0 Å². The molecule has 0 aliphatic carbocycles. The average Bonchev–Trinajstić information content (AvgIpc) is 2.70. The van der Waals surface area contributed by atoms with Crippen molar-refractivity contribution < 1.29 is 8.76 Å². The van der Waals surface area contributed by atoms with E-state index in [2.05, 4.69) is 29.7 Å². The molecule has 1 aromatic carbocycles. The summed E-state index contributed by atoms with van der Waals surface area (Å²) in [6, 6.07) is 8.15. The molecule has 0 saturated carbocycles. The molecular weight excluding hydrogens is 356 g/mol. The summed E-state index contributed by atoms with van der Waals surface area (Å²) in [6.45, 7) is 14.6. The van der Waals surface area contributed by atoms with Gasteiger partial charge in [-0.05, 0) is 106 Å². The summed E-state index contributed by atoms with van der Waals surface area (Å²) in [5.74, 6) is 1.35. The molecule has 154 valence electrons. The molecule has 0 radical (unpaired) electrons. The van der Waals surface area contributed by atoms with Crippen LogP contribution in [-0.4, -0.2) is 57.3 Å². The Hall–Kier alpha value is -0.750. The van der Waals surface area contributed by atoms with E-state index in [9.17, 15) is 8.76 Å². The standard InChI is InChI=1S/C20H32N2O2S.C2H6/c1-16(2)22-12-6-17(7-13-22)15-21-10-8-18(9-11-21)19-4-3-5-20(14-19)25(23)24;1-2/h3-5,14,16-18H,6-13,15H2,1-2H3,(H,23,24);1-2H3/p-1. The fraction of sp³-hybridized carbons (Fsp3) is 0.727. The molecule has 2 saturated heterocycles. The van der Waals surface area contributed by atoms with Gasteiger partial charge in [-0.3, -0.25) is 4.21 Å². The SMILES string of the molecule is CC.CC(C)N1CCC(CN2CCC(c3cccc(S(=O)[O-])c3)CC2)CC1. The van der Waals surface area contributed by atoms with Gasteiger partial charge < -0.3 is 14.4 Å². The van der Waals surface area contributed by atoms with Crippen molar-refractivity contribution in [3.05, 3.63) is 29.8 Å². The van der Waals surface area contributed by atoms with E-state index in [0.29, 0.717) is 16.9 Å². The van der Waals surface area contributed by atoms with Gasteiger partial charge in [0.05, 0.1) is 0 Å². The number of likely N-dealkylation sites (tertiary alicyclic amines) is 2. The first-order chi connectivity index (χ1) is 13.0. The van der Waals surface area contributed by atoms with Crippen LogP contribution in [0.2, 0.25) is 0 Å². The first-order valence-corrected chi connectivity index (χ1v) is 11.8. The van der Waals surface area contributed by atoms with Gasteiger partial charge in [-0.15, -0.1) is 0 Å². The summed E-state index contributed by atoms with van der Waals surface area (Å²) < 4.78 is 22.3. The highest BCUT2D eigenvalue weighted by atomic mass is 32.2. The van der Waals surface area contributed by atoms with Crippen molar-refractivity contribution in [3.8, 4) is 0 Å². The first-order valence-electron chi connectivity index (χ1n) is 10.7. The second-order valence-electron chi connectivity index (χ2n) is 7.96. The van der Waals surface area contributed by atoms with Crippen molar-refractivity contribution in [2.45, 2.75) is 70.2 Å². The Morgan fingerprint density at radius 2 is 1.70 bits per heavy atom. The lowest BCUT2D eigenvalue weighted by Crippen LogP contribution is -2.43. The van der Waals surface area contributed by atoms with Gasteiger partial charge in [0, 0.05) is 17.5 Å². The number of nitrogens with zero attached hydrogens (tertiary/aromatic N) is 2. The third-order valence-electron chi connectivity index (χ3n) is 6.01. The Morgan fingerprint density at radius 1 is 1.07 bits per heavy atom. The molecule has 2 aliphatic rings. The maximum absolute atomic E-state index is 11.2. The van der Waals surface area contributed by atoms with Crippen LogP contribution in [-0.2, 0) is 11.1 Å². The van der Waals surface area contributed by atoms with E-state index in [1.165, 1.54) is 38.0 Å². The Bertz CT molecular complexity index is 577. The predicted octanol–water partition coefficient (Wildman–Crippen LogP) is 4.25. The van der Waals surface area contributed by atoms with Gasteiger partial charge in [0.15, 0.2) is 0 Å². The van der Waals surface area contributed by atoms with Crippen LogP contribution in [0.5, 0.6) is 0 Å². The zero-order valence-electron chi connectivity index (χ0n) is 17.5. The van der Waals surface area contributed by atoms with Crippen LogP contribution in [0.25, 0.3) is 0 Å². The monoisotopic (exact) mass is 393 g/mol. The van der Waals surface area contributed by atoms with Crippen molar-refractivity contribution in [1.82, 2.24) is 9.80 Å². The van der Waals surface area contributed by atoms with Crippen LogP contribution in [0, 0.1) is 5.92 Å². The molecule has 2 fully saturated rings. The Balaban J connectivity index is 0.00000126. The largest absolute Gasteiger partial charge is 0.768 e. The Kier molecular flexibility index (Phi) is 9.43. The summed E-state index contributed by atoms with van der Waals surface area (Å²) >= 11 is -2.13. The normalized spacial score (nSPS) is 21.7. The second kappa shape index (κ2) is 11.3. The van der Waals surface area contributed by atoms with Gasteiger partial charge in [0.2, 0.25) is 0 Å². The molecule has 0 spiro atoms. The maximum Gasteiger partial charge on any atom is 0.0251 e. The van der Waals surface area contributed by atoms with Crippen LogP contribution >= 0.6 is 0 Å². The smallest absolute Gasteiger partial charge is 0.0251 e. The highest BCUT2D eigenvalue weighted by Crippen LogP contribution is 2.30. The second-order valence-corrected chi connectivity index (χ2v) is 8.90. The third-order valence-corrected chi connectivity index (χ3v) is 6.64. The van der Waals surface area contributed by atoms with Crippen molar-refractivity contribution in [1.29, 1.82) is 0 Å². The highest BCUT2D eigenvalue weighted by molar-refractivity contribution is 7.79. The highest BCUT2D eigenvalue weighted by Gasteiger charge is 2.26. The minimum atomic E-state index is -2.13. The molecule has 2 aliphatic heterocycles. The molecule has 0 bridgehead atoms. The molecule has 4 nitrogen and oxygen atoms in total. The summed E-state index contributed by atoms with van der Waals surface area (Å²) in [5, 5.41) is 0. The summed E-state index contributed by atoms with van der Waals surface area (Å²) in [6.07, 6.45) is 4.94. The van der Waals surface area contributed by atoms with E-state index in [0.717, 1.165) is 31.8 Å². The minimum Gasteiger partial charge on any atom is -0.768 e. The molecule has 1 atom stereocenters. The molecule has 0 amide bonds. The average molecular weight is 394 g/mol. The first kappa shape index (κ1) is 22.5. The summed E-state index contributed by atoms with van der Waals surface area (Å²) in [7, 11) is 0. The van der Waals surface area contributed by atoms with Crippen molar-refractivity contribution in [2.75, 3.05) is 32.7 Å². The molecule has 0 N–H and O–H groups in total. The lowest BCUT2D eigenvalue weighted by atomic mass is 9.88. The van der Waals surface area contributed by atoms with Crippen molar-refractivity contribution in [2.24, 2.45) is 5.92 Å². The number of hydrogen-bond acceptors (Lipinski definition) is 4. The Morgan fingerprint density at radius 3 is 2.26 bits per heavy atom. The minimum absolute atomic E-state index is 0.414. The molecule has 1 aromatic rings. The molecule has 0 aromatic heterocycles. The summed E-state index contributed by atoms with van der Waals surface area (Å²) in [4.78, 5) is 5.63. The van der Waals surface area contributed by atoms with Gasteiger partial charge in [0.25, 0.3) is 0 Å². The van der Waals surface area contributed by atoms with E-state index in [-0.39, 0.29) is 0 Å². The van der Waals surface area contributed by atoms with Gasteiger partial charge in [-0.25, -0.2) is 0 Å². The molecule has 3 rings (SSSR count). The predicted molar refractivity (Wildman–Crippen MR) is 113 cm³/mol. The third kappa shape index (κ3) is 6.67. The van der Waals surface area contributed by atoms with Crippen LogP contribution in [0.3, 0.4) is 0 Å². The Labute approximate surface area is 168 Å². The zero-order chi connectivity index (χ0) is 19.8. The van der Waals surface area contributed by atoms with Crippen LogP contribution in [0.15, 0.2) is 29.2 Å². The van der Waals surface area contributed by atoms with Gasteiger partial charge in [-0.1, -0.05) is 26.0 Å². The lowest BCUT2D eigenvalue weighted by molar-refractivity contribution is 0.111. The molecule has 5 heteroatoms. The molecular formula is C22H37N2O2S-. The van der Waals surface area contributed by atoms with Crippen LogP contribution in [0.4, 0.5) is 0 Å². The molecule has 2 heterocycles. The quantitative estimate of drug-likeness (QED) is 0.702. The van der Waals surface area contributed by atoms with E-state index in [4.69, 9.17) is 0 Å². The fourth-order valence-electron chi connectivity index (χ4n) is 4.34. The van der Waals surface area contributed by atoms with Gasteiger partial charge >= 0.3 is 0 Å². The van der Waals surface area contributed by atoms with Crippen LogP contribution in [0.1, 0.15) is 64.9 Å². The van der Waals surface area contributed by atoms with Gasteiger partial charge in [-0.2, -0.15) is 0 Å². The van der Waals surface area contributed by atoms with E-state index in [1.54, 1.807) is 6.07 Å². The van der Waals surface area contributed by atoms with E-state index in [1.807, 2.05) is 26.0 Å². The van der Waals surface area contributed by atoms with E-state index < -0.39 is 11.1 Å². The lowest BCUT2D eigenvalue weighted by Gasteiger charge is -2.39. The molecule has 27 heavy (non-hydrogen) atoms. The number of benzene rings is 1. The molecule has 1 unspecified atom stereocenters. The maximum atomic E-state index is 11.2. The van der Waals surface area contributed by atoms with Crippen LogP contribution < -0.4 is 0 Å². The number of hydrogen-bond donors (Lipinski definition) is 0. The zero-order valence-corrected chi connectivity index (χ0v) is 18.3. The van der Waals surface area contributed by atoms with E-state index >= 15 is 0 Å². The van der Waals surface area contributed by atoms with Crippen molar-refractivity contribution in [3.63, 3.8) is 0 Å². The summed E-state index contributed by atoms with van der Waals surface area (Å²) in [5.41, 5.74) is 1.19. The number of piperidine rings is 2. The number of rotatable bonds is 5. The topological polar surface area (TPSA) is 46.6 Å². The fourth-order valence-corrected chi connectivity index (χ4v) is 4.76. The van der Waals surface area contributed by atoms with Crippen molar-refractivity contribution >= 4 is 11.1 Å².